The number of carboxylic acid groups (broad SMARTS) is 1. The van der Waals surface area contributed by atoms with Gasteiger partial charge in [-0.15, -0.1) is 0 Å². The van der Waals surface area contributed by atoms with E-state index in [4.69, 9.17) is 16.7 Å². The summed E-state index contributed by atoms with van der Waals surface area (Å²) >= 11 is 5.90. The number of anilines is 1. The molecular formula is C14H16ClNO2. The topological polar surface area (TPSA) is 40.5 Å². The SMILES string of the molecule is CCN1C(=C(Cl)C(=O)O)Cc2cc(C)c(C)cc21. The summed E-state index contributed by atoms with van der Waals surface area (Å²) in [4.78, 5) is 13.0. The van der Waals surface area contributed by atoms with Crippen molar-refractivity contribution >= 4 is 23.3 Å². The standard InChI is InChI=1S/C14H16ClNO2/c1-4-16-11-6-9(3)8(2)5-10(11)7-12(16)13(15)14(17)18/h5-6H,4,7H2,1-3H3,(H,17,18). The smallest absolute Gasteiger partial charge is 0.349 e. The van der Waals surface area contributed by atoms with Crippen molar-refractivity contribution in [1.29, 1.82) is 0 Å². The van der Waals surface area contributed by atoms with E-state index < -0.39 is 5.97 Å². The molecule has 1 aliphatic rings. The van der Waals surface area contributed by atoms with Gasteiger partial charge in [0.2, 0.25) is 0 Å². The van der Waals surface area contributed by atoms with Crippen LogP contribution in [0, 0.1) is 13.8 Å². The lowest BCUT2D eigenvalue weighted by Gasteiger charge is -2.20. The molecular weight excluding hydrogens is 250 g/mol. The first-order chi connectivity index (χ1) is 8.45. The van der Waals surface area contributed by atoms with Gasteiger partial charge in [0.15, 0.2) is 0 Å². The van der Waals surface area contributed by atoms with Crippen LogP contribution in [0.4, 0.5) is 5.69 Å². The van der Waals surface area contributed by atoms with E-state index in [2.05, 4.69) is 26.0 Å². The number of halogens is 1. The lowest BCUT2D eigenvalue weighted by atomic mass is 10.0. The van der Waals surface area contributed by atoms with Gasteiger partial charge in [-0.05, 0) is 43.5 Å². The van der Waals surface area contributed by atoms with Crippen LogP contribution in [0.3, 0.4) is 0 Å². The largest absolute Gasteiger partial charge is 0.477 e. The maximum Gasteiger partial charge on any atom is 0.349 e. The van der Waals surface area contributed by atoms with Crippen molar-refractivity contribution in [2.24, 2.45) is 0 Å². The molecule has 1 heterocycles. The van der Waals surface area contributed by atoms with Crippen LogP contribution in [0.2, 0.25) is 0 Å². The minimum Gasteiger partial charge on any atom is -0.477 e. The Morgan fingerprint density at radius 3 is 2.56 bits per heavy atom. The fourth-order valence-electron chi connectivity index (χ4n) is 2.36. The van der Waals surface area contributed by atoms with E-state index in [0.29, 0.717) is 18.7 Å². The second-order valence-corrected chi connectivity index (χ2v) is 4.93. The molecule has 0 radical (unpaired) electrons. The highest BCUT2D eigenvalue weighted by Crippen LogP contribution is 2.38. The summed E-state index contributed by atoms with van der Waals surface area (Å²) in [5.74, 6) is -1.06. The van der Waals surface area contributed by atoms with E-state index in [1.165, 1.54) is 11.1 Å². The molecule has 0 aliphatic carbocycles. The van der Waals surface area contributed by atoms with Crippen LogP contribution < -0.4 is 4.90 Å². The van der Waals surface area contributed by atoms with Crippen molar-refractivity contribution in [3.8, 4) is 0 Å². The van der Waals surface area contributed by atoms with Gasteiger partial charge in [-0.3, -0.25) is 0 Å². The highest BCUT2D eigenvalue weighted by atomic mass is 35.5. The first-order valence-electron chi connectivity index (χ1n) is 5.95. The van der Waals surface area contributed by atoms with E-state index in [0.717, 1.165) is 11.3 Å². The molecule has 0 saturated carbocycles. The van der Waals surface area contributed by atoms with Crippen LogP contribution in [0.15, 0.2) is 22.9 Å². The number of carbonyl (C=O) groups is 1. The summed E-state index contributed by atoms with van der Waals surface area (Å²) < 4.78 is 0. The summed E-state index contributed by atoms with van der Waals surface area (Å²) in [7, 11) is 0. The van der Waals surface area contributed by atoms with Crippen LogP contribution in [-0.2, 0) is 11.2 Å². The Kier molecular flexibility index (Phi) is 3.35. The number of rotatable bonds is 2. The minimum atomic E-state index is -1.06. The van der Waals surface area contributed by atoms with Crippen LogP contribution >= 0.6 is 11.6 Å². The molecule has 0 unspecified atom stereocenters. The molecule has 1 aliphatic heterocycles. The zero-order chi connectivity index (χ0) is 13.4. The van der Waals surface area contributed by atoms with Crippen LogP contribution in [0.1, 0.15) is 23.6 Å². The van der Waals surface area contributed by atoms with E-state index in [-0.39, 0.29) is 5.03 Å². The Balaban J connectivity index is 2.56. The number of aliphatic carboxylic acids is 1. The summed E-state index contributed by atoms with van der Waals surface area (Å²) in [6, 6.07) is 4.22. The first-order valence-corrected chi connectivity index (χ1v) is 6.33. The Labute approximate surface area is 112 Å². The Hall–Kier alpha value is -1.48. The number of benzene rings is 1. The predicted octanol–water partition coefficient (Wildman–Crippen LogP) is 3.22. The van der Waals surface area contributed by atoms with Gasteiger partial charge < -0.3 is 10.0 Å². The normalized spacial score (nSPS) is 16.8. The van der Waals surface area contributed by atoms with Crippen molar-refractivity contribution in [2.45, 2.75) is 27.2 Å². The van der Waals surface area contributed by atoms with Gasteiger partial charge in [-0.25, -0.2) is 4.79 Å². The second-order valence-electron chi connectivity index (χ2n) is 4.55. The van der Waals surface area contributed by atoms with Crippen molar-refractivity contribution in [1.82, 2.24) is 0 Å². The van der Waals surface area contributed by atoms with Gasteiger partial charge in [0, 0.05) is 24.4 Å². The molecule has 0 aromatic heterocycles. The van der Waals surface area contributed by atoms with Crippen molar-refractivity contribution in [3.63, 3.8) is 0 Å². The molecule has 0 saturated heterocycles. The van der Waals surface area contributed by atoms with Gasteiger partial charge in [0.25, 0.3) is 0 Å². The number of aryl methyl sites for hydroxylation is 2. The van der Waals surface area contributed by atoms with E-state index in [9.17, 15) is 4.79 Å². The first kappa shape index (κ1) is 13.0. The van der Waals surface area contributed by atoms with Crippen LogP contribution in [-0.4, -0.2) is 17.6 Å². The fourth-order valence-corrected chi connectivity index (χ4v) is 2.52. The zero-order valence-corrected chi connectivity index (χ0v) is 11.5. The van der Waals surface area contributed by atoms with Crippen LogP contribution in [0.5, 0.6) is 0 Å². The lowest BCUT2D eigenvalue weighted by Crippen LogP contribution is -2.20. The zero-order valence-electron chi connectivity index (χ0n) is 10.7. The third-order valence-electron chi connectivity index (χ3n) is 3.43. The summed E-state index contributed by atoms with van der Waals surface area (Å²) in [6.07, 6.45) is 0.593. The molecule has 1 aromatic rings. The summed E-state index contributed by atoms with van der Waals surface area (Å²) in [5, 5.41) is 8.95. The van der Waals surface area contributed by atoms with E-state index >= 15 is 0 Å². The molecule has 1 N–H and O–H groups in total. The third kappa shape index (κ3) is 1.99. The van der Waals surface area contributed by atoms with Gasteiger partial charge in [0.05, 0.1) is 0 Å². The van der Waals surface area contributed by atoms with Gasteiger partial charge in [0.1, 0.15) is 5.03 Å². The number of hydrogen-bond donors (Lipinski definition) is 1. The van der Waals surface area contributed by atoms with E-state index in [1.54, 1.807) is 0 Å². The number of hydrogen-bond acceptors (Lipinski definition) is 2. The maximum atomic E-state index is 11.0. The lowest BCUT2D eigenvalue weighted by molar-refractivity contribution is -0.131. The van der Waals surface area contributed by atoms with Gasteiger partial charge in [-0.2, -0.15) is 0 Å². The van der Waals surface area contributed by atoms with E-state index in [1.807, 2.05) is 11.8 Å². The Morgan fingerprint density at radius 2 is 2.00 bits per heavy atom. The number of carboxylic acids is 1. The number of nitrogens with zero attached hydrogens (tertiary/aromatic N) is 1. The molecule has 0 spiro atoms. The highest BCUT2D eigenvalue weighted by molar-refractivity contribution is 6.41. The predicted molar refractivity (Wildman–Crippen MR) is 73.2 cm³/mol. The number of allylic oxidation sites excluding steroid dienone is 1. The summed E-state index contributed by atoms with van der Waals surface area (Å²) in [6.45, 7) is 6.83. The average molecular weight is 266 g/mol. The molecule has 2 rings (SSSR count). The molecule has 1 aromatic carbocycles. The highest BCUT2D eigenvalue weighted by Gasteiger charge is 2.27. The molecule has 0 fully saturated rings. The molecule has 0 bridgehead atoms. The Morgan fingerprint density at radius 1 is 1.39 bits per heavy atom. The monoisotopic (exact) mass is 265 g/mol. The van der Waals surface area contributed by atoms with Crippen molar-refractivity contribution in [2.75, 3.05) is 11.4 Å². The van der Waals surface area contributed by atoms with Crippen molar-refractivity contribution < 1.29 is 9.90 Å². The van der Waals surface area contributed by atoms with Gasteiger partial charge in [-0.1, -0.05) is 17.7 Å². The molecule has 0 amide bonds. The van der Waals surface area contributed by atoms with Crippen molar-refractivity contribution in [3.05, 3.63) is 39.6 Å². The minimum absolute atomic E-state index is 0.0802. The number of fused-ring (bicyclic) bond motifs is 1. The molecule has 18 heavy (non-hydrogen) atoms. The Bertz CT molecular complexity index is 549. The number of likely N-dealkylation sites (N-methyl/N-ethyl adjacent to an activating group) is 1. The summed E-state index contributed by atoms with van der Waals surface area (Å²) in [5.41, 5.74) is 5.34. The van der Waals surface area contributed by atoms with Gasteiger partial charge >= 0.3 is 5.97 Å². The quantitative estimate of drug-likeness (QED) is 0.835. The average Bonchev–Trinajstić information content (AvgIpc) is 2.66. The second kappa shape index (κ2) is 4.65. The molecule has 96 valence electrons. The fraction of sp³-hybridized carbons (Fsp3) is 0.357. The maximum absolute atomic E-state index is 11.0. The third-order valence-corrected chi connectivity index (χ3v) is 3.81. The molecule has 3 nitrogen and oxygen atoms in total. The van der Waals surface area contributed by atoms with Crippen LogP contribution in [0.25, 0.3) is 0 Å². The molecule has 4 heteroatoms. The molecule has 0 atom stereocenters.